The van der Waals surface area contributed by atoms with E-state index in [1.165, 1.54) is 0 Å². The SMILES string of the molecule is c1ccc2c(Oc3ccc4ccc5cccnc5c4n3)cccc2c1. The van der Waals surface area contributed by atoms with E-state index in [1.807, 2.05) is 48.5 Å². The molecule has 0 spiro atoms. The number of nitrogens with zero attached hydrogens (tertiary/aromatic N) is 2. The molecule has 2 heterocycles. The van der Waals surface area contributed by atoms with E-state index >= 15 is 0 Å². The van der Waals surface area contributed by atoms with Crippen LogP contribution in [0.25, 0.3) is 32.6 Å². The quantitative estimate of drug-likeness (QED) is 0.389. The number of pyridine rings is 2. The average molecular weight is 322 g/mol. The average Bonchev–Trinajstić information content (AvgIpc) is 2.68. The van der Waals surface area contributed by atoms with E-state index in [0.29, 0.717) is 5.88 Å². The van der Waals surface area contributed by atoms with E-state index < -0.39 is 0 Å². The molecule has 0 saturated heterocycles. The van der Waals surface area contributed by atoms with E-state index in [-0.39, 0.29) is 0 Å². The molecule has 118 valence electrons. The van der Waals surface area contributed by atoms with Crippen molar-refractivity contribution in [1.29, 1.82) is 0 Å². The second-order valence-corrected chi connectivity index (χ2v) is 5.94. The molecular weight excluding hydrogens is 308 g/mol. The van der Waals surface area contributed by atoms with Crippen LogP contribution < -0.4 is 4.74 Å². The highest BCUT2D eigenvalue weighted by molar-refractivity contribution is 6.02. The first-order valence-electron chi connectivity index (χ1n) is 8.19. The summed E-state index contributed by atoms with van der Waals surface area (Å²) in [7, 11) is 0. The van der Waals surface area contributed by atoms with Crippen LogP contribution in [-0.4, -0.2) is 9.97 Å². The smallest absolute Gasteiger partial charge is 0.219 e. The van der Waals surface area contributed by atoms with Gasteiger partial charge in [0.2, 0.25) is 5.88 Å². The molecule has 0 aliphatic heterocycles. The summed E-state index contributed by atoms with van der Waals surface area (Å²) < 4.78 is 6.11. The Balaban J connectivity index is 1.66. The van der Waals surface area contributed by atoms with Gasteiger partial charge in [0, 0.05) is 28.4 Å². The maximum Gasteiger partial charge on any atom is 0.219 e. The lowest BCUT2D eigenvalue weighted by atomic mass is 10.1. The van der Waals surface area contributed by atoms with Crippen molar-refractivity contribution in [1.82, 2.24) is 9.97 Å². The molecule has 0 fully saturated rings. The monoisotopic (exact) mass is 322 g/mol. The van der Waals surface area contributed by atoms with E-state index in [4.69, 9.17) is 9.72 Å². The predicted octanol–water partition coefficient (Wildman–Crippen LogP) is 5.73. The van der Waals surface area contributed by atoms with Crippen LogP contribution in [0.3, 0.4) is 0 Å². The Morgan fingerprint density at radius 2 is 1.36 bits per heavy atom. The molecule has 0 saturated carbocycles. The molecule has 0 atom stereocenters. The minimum atomic E-state index is 0.571. The van der Waals surface area contributed by atoms with Crippen molar-refractivity contribution in [2.75, 3.05) is 0 Å². The van der Waals surface area contributed by atoms with E-state index in [0.717, 1.165) is 38.3 Å². The zero-order chi connectivity index (χ0) is 16.6. The summed E-state index contributed by atoms with van der Waals surface area (Å²) in [5.41, 5.74) is 1.75. The number of hydrogen-bond donors (Lipinski definition) is 0. The second kappa shape index (κ2) is 5.56. The highest BCUT2D eigenvalue weighted by atomic mass is 16.5. The molecule has 3 heteroatoms. The van der Waals surface area contributed by atoms with Gasteiger partial charge in [0.15, 0.2) is 0 Å². The van der Waals surface area contributed by atoms with Crippen LogP contribution in [0, 0.1) is 0 Å². The molecule has 3 aromatic carbocycles. The Labute approximate surface area is 144 Å². The zero-order valence-electron chi connectivity index (χ0n) is 13.4. The van der Waals surface area contributed by atoms with Crippen molar-refractivity contribution in [2.24, 2.45) is 0 Å². The van der Waals surface area contributed by atoms with Gasteiger partial charge < -0.3 is 4.74 Å². The zero-order valence-corrected chi connectivity index (χ0v) is 13.4. The van der Waals surface area contributed by atoms with Gasteiger partial charge >= 0.3 is 0 Å². The van der Waals surface area contributed by atoms with Gasteiger partial charge in [0.05, 0.1) is 5.52 Å². The molecule has 0 bridgehead atoms. The van der Waals surface area contributed by atoms with E-state index in [2.05, 4.69) is 35.3 Å². The maximum absolute atomic E-state index is 6.11. The summed E-state index contributed by atoms with van der Waals surface area (Å²) in [6.45, 7) is 0. The van der Waals surface area contributed by atoms with Crippen molar-refractivity contribution in [2.45, 2.75) is 0 Å². The summed E-state index contributed by atoms with van der Waals surface area (Å²) in [5, 5.41) is 4.34. The van der Waals surface area contributed by atoms with Crippen LogP contribution in [0.15, 0.2) is 85.1 Å². The summed E-state index contributed by atoms with van der Waals surface area (Å²) >= 11 is 0. The van der Waals surface area contributed by atoms with Gasteiger partial charge in [-0.15, -0.1) is 0 Å². The van der Waals surface area contributed by atoms with Gasteiger partial charge in [-0.2, -0.15) is 0 Å². The highest BCUT2D eigenvalue weighted by Crippen LogP contribution is 2.31. The summed E-state index contributed by atoms with van der Waals surface area (Å²) in [5.74, 6) is 1.38. The number of benzene rings is 3. The van der Waals surface area contributed by atoms with Crippen LogP contribution in [0.5, 0.6) is 11.6 Å². The predicted molar refractivity (Wildman–Crippen MR) is 101 cm³/mol. The third-order valence-corrected chi connectivity index (χ3v) is 4.37. The van der Waals surface area contributed by atoms with Gasteiger partial charge in [-0.3, -0.25) is 4.98 Å². The van der Waals surface area contributed by atoms with Crippen molar-refractivity contribution >= 4 is 32.6 Å². The Bertz CT molecular complexity index is 1230. The summed E-state index contributed by atoms with van der Waals surface area (Å²) in [4.78, 5) is 9.21. The molecule has 0 radical (unpaired) electrons. The first-order chi connectivity index (χ1) is 12.4. The van der Waals surface area contributed by atoms with Crippen molar-refractivity contribution in [3.63, 3.8) is 0 Å². The Morgan fingerprint density at radius 3 is 2.32 bits per heavy atom. The number of aromatic nitrogens is 2. The Kier molecular flexibility index (Phi) is 3.10. The van der Waals surface area contributed by atoms with Crippen LogP contribution in [0.4, 0.5) is 0 Å². The van der Waals surface area contributed by atoms with E-state index in [1.54, 1.807) is 6.20 Å². The Morgan fingerprint density at radius 1 is 0.600 bits per heavy atom. The summed E-state index contributed by atoms with van der Waals surface area (Å²) in [6, 6.07) is 26.3. The lowest BCUT2D eigenvalue weighted by Crippen LogP contribution is -1.91. The third kappa shape index (κ3) is 2.37. The van der Waals surface area contributed by atoms with Crippen LogP contribution >= 0.6 is 0 Å². The molecule has 25 heavy (non-hydrogen) atoms. The first kappa shape index (κ1) is 13.9. The van der Waals surface area contributed by atoms with Gasteiger partial charge in [-0.1, -0.05) is 54.6 Å². The number of rotatable bonds is 2. The second-order valence-electron chi connectivity index (χ2n) is 5.94. The molecule has 5 rings (SSSR count). The standard InChI is InChI=1S/C22H14N2O/c1-2-8-18-15(5-1)6-3-9-19(18)25-20-13-12-17-11-10-16-7-4-14-23-21(16)22(17)24-20/h1-14H. The Hall–Kier alpha value is -3.46. The topological polar surface area (TPSA) is 35.0 Å². The molecular formula is C22H14N2O. The van der Waals surface area contributed by atoms with Crippen molar-refractivity contribution in [3.05, 3.63) is 85.1 Å². The minimum absolute atomic E-state index is 0.571. The number of hydrogen-bond acceptors (Lipinski definition) is 3. The fraction of sp³-hybridized carbons (Fsp3) is 0. The third-order valence-electron chi connectivity index (χ3n) is 4.37. The fourth-order valence-corrected chi connectivity index (χ4v) is 3.16. The minimum Gasteiger partial charge on any atom is -0.438 e. The first-order valence-corrected chi connectivity index (χ1v) is 8.19. The molecule has 5 aromatic rings. The van der Waals surface area contributed by atoms with Gasteiger partial charge in [0.1, 0.15) is 11.3 Å². The highest BCUT2D eigenvalue weighted by Gasteiger charge is 2.07. The van der Waals surface area contributed by atoms with Gasteiger partial charge in [-0.05, 0) is 23.6 Å². The number of ether oxygens (including phenoxy) is 1. The maximum atomic E-state index is 6.11. The molecule has 2 aromatic heterocycles. The molecule has 0 amide bonds. The lowest BCUT2D eigenvalue weighted by molar-refractivity contribution is 0.470. The van der Waals surface area contributed by atoms with Gasteiger partial charge in [-0.25, -0.2) is 4.98 Å². The van der Waals surface area contributed by atoms with Crippen LogP contribution in [-0.2, 0) is 0 Å². The van der Waals surface area contributed by atoms with Gasteiger partial charge in [0.25, 0.3) is 0 Å². The largest absolute Gasteiger partial charge is 0.438 e. The summed E-state index contributed by atoms with van der Waals surface area (Å²) in [6.07, 6.45) is 1.79. The van der Waals surface area contributed by atoms with Crippen molar-refractivity contribution < 1.29 is 4.74 Å². The van der Waals surface area contributed by atoms with Crippen LogP contribution in [0.2, 0.25) is 0 Å². The number of fused-ring (bicyclic) bond motifs is 4. The normalized spacial score (nSPS) is 11.2. The molecule has 0 aliphatic rings. The molecule has 0 N–H and O–H groups in total. The van der Waals surface area contributed by atoms with Crippen molar-refractivity contribution in [3.8, 4) is 11.6 Å². The van der Waals surface area contributed by atoms with Crippen LogP contribution in [0.1, 0.15) is 0 Å². The molecule has 3 nitrogen and oxygen atoms in total. The molecule has 0 aliphatic carbocycles. The van der Waals surface area contributed by atoms with E-state index in [9.17, 15) is 0 Å². The molecule has 0 unspecified atom stereocenters. The fourth-order valence-electron chi connectivity index (χ4n) is 3.16. The lowest BCUT2D eigenvalue weighted by Gasteiger charge is -2.09.